The zero-order chi connectivity index (χ0) is 12.8. The van der Waals surface area contributed by atoms with Crippen molar-refractivity contribution in [1.29, 1.82) is 0 Å². The molecule has 2 aromatic rings. The average Bonchev–Trinajstić information content (AvgIpc) is 2.70. The highest BCUT2D eigenvalue weighted by Gasteiger charge is 2.36. The smallest absolute Gasteiger partial charge is 0.252 e. The van der Waals surface area contributed by atoms with Gasteiger partial charge in [0, 0.05) is 35.3 Å². The lowest BCUT2D eigenvalue weighted by Gasteiger charge is -2.21. The van der Waals surface area contributed by atoms with Crippen molar-refractivity contribution in [3.05, 3.63) is 35.5 Å². The largest absolute Gasteiger partial charge is 0.399 e. The van der Waals surface area contributed by atoms with Crippen LogP contribution in [0.1, 0.15) is 17.7 Å². The molecule has 0 radical (unpaired) electrons. The van der Waals surface area contributed by atoms with Gasteiger partial charge in [-0.25, -0.2) is 8.78 Å². The van der Waals surface area contributed by atoms with E-state index in [1.165, 1.54) is 0 Å². The van der Waals surface area contributed by atoms with Gasteiger partial charge in [-0.2, -0.15) is 5.10 Å². The molecule has 0 saturated heterocycles. The topological polar surface area (TPSA) is 54.7 Å². The monoisotopic (exact) mass is 249 g/mol. The van der Waals surface area contributed by atoms with Crippen LogP contribution in [0.2, 0.25) is 0 Å². The third kappa shape index (κ3) is 1.85. The Kier molecular flexibility index (Phi) is 2.36. The quantitative estimate of drug-likeness (QED) is 0.763. The fourth-order valence-electron chi connectivity index (χ4n) is 2.38. The highest BCUT2D eigenvalue weighted by Crippen LogP contribution is 2.37. The van der Waals surface area contributed by atoms with Crippen molar-refractivity contribution < 1.29 is 8.78 Å². The molecule has 1 aromatic heterocycles. The number of hydrogen-bond donors (Lipinski definition) is 2. The molecule has 18 heavy (non-hydrogen) atoms. The molecule has 0 amide bonds. The van der Waals surface area contributed by atoms with E-state index in [0.29, 0.717) is 23.4 Å². The Bertz CT molecular complexity index is 590. The van der Waals surface area contributed by atoms with Gasteiger partial charge in [-0.3, -0.25) is 5.10 Å². The molecule has 0 bridgehead atoms. The fourth-order valence-corrected chi connectivity index (χ4v) is 2.38. The number of halogens is 2. The fraction of sp³-hybridized carbons (Fsp3) is 0.308. The first-order valence-corrected chi connectivity index (χ1v) is 5.85. The number of aromatic nitrogens is 2. The minimum atomic E-state index is -2.63. The molecule has 0 atom stereocenters. The number of aromatic amines is 1. The summed E-state index contributed by atoms with van der Waals surface area (Å²) < 4.78 is 26.9. The Morgan fingerprint density at radius 2 is 2.17 bits per heavy atom. The number of hydrogen-bond acceptors (Lipinski definition) is 2. The van der Waals surface area contributed by atoms with Crippen LogP contribution in [0.5, 0.6) is 0 Å². The van der Waals surface area contributed by atoms with Gasteiger partial charge in [-0.05, 0) is 18.6 Å². The predicted molar refractivity (Wildman–Crippen MR) is 65.4 cm³/mol. The lowest BCUT2D eigenvalue weighted by Crippen LogP contribution is -2.25. The minimum Gasteiger partial charge on any atom is -0.399 e. The number of aryl methyl sites for hydroxylation is 1. The summed E-state index contributed by atoms with van der Waals surface area (Å²) in [5, 5.41) is 7.02. The van der Waals surface area contributed by atoms with Crippen molar-refractivity contribution in [2.45, 2.75) is 25.2 Å². The van der Waals surface area contributed by atoms with Crippen LogP contribution in [0, 0.1) is 0 Å². The van der Waals surface area contributed by atoms with Crippen molar-refractivity contribution in [1.82, 2.24) is 10.2 Å². The van der Waals surface area contributed by atoms with E-state index in [4.69, 9.17) is 5.73 Å². The molecule has 3 N–H and O–H groups in total. The van der Waals surface area contributed by atoms with E-state index in [1.54, 1.807) is 18.2 Å². The lowest BCUT2D eigenvalue weighted by molar-refractivity contribution is -0.0123. The highest BCUT2D eigenvalue weighted by molar-refractivity contribution is 5.68. The number of nitrogens with zero attached hydrogens (tertiary/aromatic N) is 1. The summed E-state index contributed by atoms with van der Waals surface area (Å²) in [5.74, 6) is -2.63. The van der Waals surface area contributed by atoms with E-state index in [0.717, 1.165) is 11.3 Å². The zero-order valence-corrected chi connectivity index (χ0v) is 9.71. The maximum atomic E-state index is 13.5. The molecule has 0 saturated carbocycles. The molecule has 0 spiro atoms. The summed E-state index contributed by atoms with van der Waals surface area (Å²) in [6.07, 6.45) is -0.0147. The number of anilines is 1. The highest BCUT2D eigenvalue weighted by atomic mass is 19.3. The third-order valence-corrected chi connectivity index (χ3v) is 3.29. The first-order chi connectivity index (χ1) is 8.55. The Hall–Kier alpha value is -1.91. The summed E-state index contributed by atoms with van der Waals surface area (Å²) in [5.41, 5.74) is 9.13. The SMILES string of the molecule is Nc1cccc(-c2n[nH]c3c2CC(F)(F)CC3)c1. The summed E-state index contributed by atoms with van der Waals surface area (Å²) in [7, 11) is 0. The molecule has 0 unspecified atom stereocenters. The summed E-state index contributed by atoms with van der Waals surface area (Å²) >= 11 is 0. The first-order valence-electron chi connectivity index (χ1n) is 5.85. The van der Waals surface area contributed by atoms with Crippen LogP contribution in [-0.4, -0.2) is 16.1 Å². The van der Waals surface area contributed by atoms with Gasteiger partial charge in [-0.15, -0.1) is 0 Å². The Labute approximate surface area is 103 Å². The average molecular weight is 249 g/mol. The van der Waals surface area contributed by atoms with Gasteiger partial charge in [0.25, 0.3) is 5.92 Å². The Balaban J connectivity index is 2.07. The second-order valence-corrected chi connectivity index (χ2v) is 4.69. The van der Waals surface area contributed by atoms with E-state index >= 15 is 0 Å². The zero-order valence-electron chi connectivity index (χ0n) is 9.71. The number of rotatable bonds is 1. The molecule has 1 aliphatic rings. The summed E-state index contributed by atoms with van der Waals surface area (Å²) in [6, 6.07) is 7.15. The summed E-state index contributed by atoms with van der Waals surface area (Å²) in [4.78, 5) is 0. The van der Waals surface area contributed by atoms with E-state index in [-0.39, 0.29) is 12.8 Å². The molecule has 3 rings (SSSR count). The maximum absolute atomic E-state index is 13.5. The van der Waals surface area contributed by atoms with Crippen LogP contribution in [0.25, 0.3) is 11.3 Å². The second kappa shape index (κ2) is 3.80. The van der Waals surface area contributed by atoms with Gasteiger partial charge in [0.1, 0.15) is 0 Å². The third-order valence-electron chi connectivity index (χ3n) is 3.29. The number of nitrogens with one attached hydrogen (secondary N) is 1. The molecule has 3 nitrogen and oxygen atoms in total. The molecule has 94 valence electrons. The van der Waals surface area contributed by atoms with Crippen LogP contribution in [0.15, 0.2) is 24.3 Å². The van der Waals surface area contributed by atoms with Crippen LogP contribution in [-0.2, 0) is 12.8 Å². The van der Waals surface area contributed by atoms with Crippen molar-refractivity contribution in [3.63, 3.8) is 0 Å². The number of nitrogen functional groups attached to an aromatic ring is 1. The Morgan fingerprint density at radius 3 is 2.94 bits per heavy atom. The second-order valence-electron chi connectivity index (χ2n) is 4.69. The van der Waals surface area contributed by atoms with E-state index in [1.807, 2.05) is 6.07 Å². The van der Waals surface area contributed by atoms with E-state index in [9.17, 15) is 8.78 Å². The number of benzene rings is 1. The van der Waals surface area contributed by atoms with Gasteiger partial charge >= 0.3 is 0 Å². The summed E-state index contributed by atoms with van der Waals surface area (Å²) in [6.45, 7) is 0. The molecular weight excluding hydrogens is 236 g/mol. The number of nitrogens with two attached hydrogens (primary N) is 1. The molecule has 1 heterocycles. The lowest BCUT2D eigenvalue weighted by atomic mass is 9.91. The maximum Gasteiger partial charge on any atom is 0.252 e. The van der Waals surface area contributed by atoms with Crippen molar-refractivity contribution >= 4 is 5.69 Å². The van der Waals surface area contributed by atoms with Gasteiger partial charge < -0.3 is 5.73 Å². The van der Waals surface area contributed by atoms with Gasteiger partial charge in [0.2, 0.25) is 0 Å². The molecule has 5 heteroatoms. The van der Waals surface area contributed by atoms with Crippen molar-refractivity contribution in [2.75, 3.05) is 5.73 Å². The van der Waals surface area contributed by atoms with E-state index < -0.39 is 5.92 Å². The Morgan fingerprint density at radius 1 is 1.33 bits per heavy atom. The van der Waals surface area contributed by atoms with Crippen molar-refractivity contribution in [3.8, 4) is 11.3 Å². The number of alkyl halides is 2. The van der Waals surface area contributed by atoms with Gasteiger partial charge in [0.05, 0.1) is 5.69 Å². The number of H-pyrrole nitrogens is 1. The molecule has 0 aliphatic heterocycles. The van der Waals surface area contributed by atoms with Crippen LogP contribution in [0.4, 0.5) is 14.5 Å². The minimum absolute atomic E-state index is 0.113. The molecule has 0 fully saturated rings. The van der Waals surface area contributed by atoms with Gasteiger partial charge in [-0.1, -0.05) is 12.1 Å². The van der Waals surface area contributed by atoms with Crippen LogP contribution >= 0.6 is 0 Å². The van der Waals surface area contributed by atoms with Crippen LogP contribution < -0.4 is 5.73 Å². The van der Waals surface area contributed by atoms with Crippen LogP contribution in [0.3, 0.4) is 0 Å². The molecule has 1 aliphatic carbocycles. The standard InChI is InChI=1S/C13H13F2N3/c14-13(15)5-4-11-10(7-13)12(18-17-11)8-2-1-3-9(16)6-8/h1-3,6H,4-5,7,16H2,(H,17,18). The predicted octanol–water partition coefficient (Wildman–Crippen LogP) is 2.78. The number of fused-ring (bicyclic) bond motifs is 1. The molecular formula is C13H13F2N3. The first kappa shape index (κ1) is 11.2. The van der Waals surface area contributed by atoms with Crippen molar-refractivity contribution in [2.24, 2.45) is 0 Å². The van der Waals surface area contributed by atoms with Gasteiger partial charge in [0.15, 0.2) is 0 Å². The normalized spacial score (nSPS) is 17.4. The molecule has 1 aromatic carbocycles. The van der Waals surface area contributed by atoms with E-state index in [2.05, 4.69) is 10.2 Å².